The van der Waals surface area contributed by atoms with Crippen molar-refractivity contribution < 1.29 is 14.3 Å². The smallest absolute Gasteiger partial charge is 0.356 e. The molecule has 2 rings (SSSR count). The molecule has 0 aliphatic rings. The summed E-state index contributed by atoms with van der Waals surface area (Å²) in [5, 5.41) is 9.13. The lowest BCUT2D eigenvalue weighted by Crippen LogP contribution is -2.03. The summed E-state index contributed by atoms with van der Waals surface area (Å²) in [4.78, 5) is 14.7. The fourth-order valence-electron chi connectivity index (χ4n) is 1.61. The monoisotopic (exact) mass is 254 g/mol. The van der Waals surface area contributed by atoms with E-state index < -0.39 is 11.8 Å². The van der Waals surface area contributed by atoms with Crippen LogP contribution in [0.2, 0.25) is 5.02 Å². The van der Waals surface area contributed by atoms with Crippen molar-refractivity contribution in [3.05, 3.63) is 41.1 Å². The summed E-state index contributed by atoms with van der Waals surface area (Å²) in [5.74, 6) is -1.80. The Bertz CT molecular complexity index is 575. The maximum absolute atomic E-state index is 13.7. The van der Waals surface area contributed by atoms with E-state index in [9.17, 15) is 9.18 Å². The minimum absolute atomic E-state index is 0.0477. The second-order valence-electron chi connectivity index (χ2n) is 3.45. The number of aromatic nitrogens is 2. The zero-order chi connectivity index (χ0) is 12.6. The van der Waals surface area contributed by atoms with Crippen molar-refractivity contribution in [2.24, 2.45) is 7.05 Å². The summed E-state index contributed by atoms with van der Waals surface area (Å²) in [6.45, 7) is 0. The van der Waals surface area contributed by atoms with Crippen LogP contribution in [0.4, 0.5) is 4.39 Å². The molecule has 1 heterocycles. The summed E-state index contributed by atoms with van der Waals surface area (Å²) >= 11 is 5.90. The number of carboxylic acid groups (broad SMARTS) is 1. The fourth-order valence-corrected chi connectivity index (χ4v) is 1.86. The van der Waals surface area contributed by atoms with Crippen LogP contribution in [0.1, 0.15) is 10.5 Å². The zero-order valence-corrected chi connectivity index (χ0v) is 9.57. The Morgan fingerprint density at radius 1 is 1.53 bits per heavy atom. The van der Waals surface area contributed by atoms with Gasteiger partial charge in [0.15, 0.2) is 5.69 Å². The molecule has 88 valence electrons. The summed E-state index contributed by atoms with van der Waals surface area (Å²) in [5.41, 5.74) is -0.0216. The third kappa shape index (κ3) is 1.89. The molecule has 0 aliphatic heterocycles. The van der Waals surface area contributed by atoms with Crippen LogP contribution in [0.3, 0.4) is 0 Å². The second-order valence-corrected chi connectivity index (χ2v) is 3.86. The lowest BCUT2D eigenvalue weighted by atomic mass is 10.1. The Hall–Kier alpha value is -1.88. The SMILES string of the molecule is Cn1cnc(C(=O)O)c1-c1c(F)cccc1Cl. The van der Waals surface area contributed by atoms with E-state index in [1.807, 2.05) is 0 Å². The summed E-state index contributed by atoms with van der Waals surface area (Å²) in [6.07, 6.45) is 1.31. The van der Waals surface area contributed by atoms with E-state index in [0.717, 1.165) is 0 Å². The van der Waals surface area contributed by atoms with Crippen LogP contribution in [0.25, 0.3) is 11.3 Å². The first-order chi connectivity index (χ1) is 8.02. The average molecular weight is 255 g/mol. The molecule has 2 aromatic rings. The number of halogens is 2. The lowest BCUT2D eigenvalue weighted by molar-refractivity contribution is 0.0692. The maximum Gasteiger partial charge on any atom is 0.356 e. The van der Waals surface area contributed by atoms with Crippen LogP contribution < -0.4 is 0 Å². The number of imidazole rings is 1. The molecule has 0 atom stereocenters. The molecular weight excluding hydrogens is 247 g/mol. The normalized spacial score (nSPS) is 10.5. The van der Waals surface area contributed by atoms with E-state index in [4.69, 9.17) is 16.7 Å². The van der Waals surface area contributed by atoms with Crippen molar-refractivity contribution in [2.75, 3.05) is 0 Å². The molecule has 4 nitrogen and oxygen atoms in total. The summed E-state index contributed by atoms with van der Waals surface area (Å²) in [6, 6.07) is 4.18. The number of carboxylic acids is 1. The first-order valence-electron chi connectivity index (χ1n) is 4.71. The molecule has 0 bridgehead atoms. The zero-order valence-electron chi connectivity index (χ0n) is 8.82. The highest BCUT2D eigenvalue weighted by molar-refractivity contribution is 6.33. The number of hydrogen-bond donors (Lipinski definition) is 1. The third-order valence-electron chi connectivity index (χ3n) is 2.34. The number of aryl methyl sites for hydroxylation is 1. The molecule has 0 spiro atoms. The Morgan fingerprint density at radius 2 is 2.24 bits per heavy atom. The van der Waals surface area contributed by atoms with Gasteiger partial charge in [0.2, 0.25) is 0 Å². The molecule has 0 aliphatic carbocycles. The highest BCUT2D eigenvalue weighted by Gasteiger charge is 2.21. The third-order valence-corrected chi connectivity index (χ3v) is 2.65. The highest BCUT2D eigenvalue weighted by Crippen LogP contribution is 2.32. The average Bonchev–Trinajstić information content (AvgIpc) is 2.61. The van der Waals surface area contributed by atoms with E-state index in [2.05, 4.69) is 4.98 Å². The van der Waals surface area contributed by atoms with E-state index in [1.165, 1.54) is 29.1 Å². The van der Waals surface area contributed by atoms with Gasteiger partial charge in [0.1, 0.15) is 5.82 Å². The lowest BCUT2D eigenvalue weighted by Gasteiger charge is -2.07. The fraction of sp³-hybridized carbons (Fsp3) is 0.0909. The number of hydrogen-bond acceptors (Lipinski definition) is 2. The van der Waals surface area contributed by atoms with Gasteiger partial charge in [-0.1, -0.05) is 17.7 Å². The molecule has 6 heteroatoms. The van der Waals surface area contributed by atoms with Gasteiger partial charge in [0, 0.05) is 7.05 Å². The van der Waals surface area contributed by atoms with Gasteiger partial charge < -0.3 is 9.67 Å². The molecule has 0 amide bonds. The maximum atomic E-state index is 13.7. The van der Waals surface area contributed by atoms with Gasteiger partial charge in [0.05, 0.1) is 22.6 Å². The molecule has 0 saturated carbocycles. The van der Waals surface area contributed by atoms with Crippen LogP contribution in [0, 0.1) is 5.82 Å². The van der Waals surface area contributed by atoms with Gasteiger partial charge in [-0.05, 0) is 12.1 Å². The number of aromatic carboxylic acids is 1. The van der Waals surface area contributed by atoms with Crippen molar-refractivity contribution in [1.82, 2.24) is 9.55 Å². The van der Waals surface area contributed by atoms with Crippen molar-refractivity contribution >= 4 is 17.6 Å². The van der Waals surface area contributed by atoms with Gasteiger partial charge in [-0.25, -0.2) is 14.2 Å². The second kappa shape index (κ2) is 4.18. The molecule has 1 N–H and O–H groups in total. The van der Waals surface area contributed by atoms with E-state index in [1.54, 1.807) is 7.05 Å². The Morgan fingerprint density at radius 3 is 2.82 bits per heavy atom. The van der Waals surface area contributed by atoms with Crippen molar-refractivity contribution in [1.29, 1.82) is 0 Å². The highest BCUT2D eigenvalue weighted by atomic mass is 35.5. The van der Waals surface area contributed by atoms with E-state index in [-0.39, 0.29) is 22.0 Å². The van der Waals surface area contributed by atoms with Crippen molar-refractivity contribution in [2.45, 2.75) is 0 Å². The van der Waals surface area contributed by atoms with Gasteiger partial charge in [0.25, 0.3) is 0 Å². The number of benzene rings is 1. The largest absolute Gasteiger partial charge is 0.476 e. The Kier molecular flexibility index (Phi) is 2.85. The molecule has 1 aromatic heterocycles. The van der Waals surface area contributed by atoms with Gasteiger partial charge >= 0.3 is 5.97 Å². The predicted molar refractivity (Wildman–Crippen MR) is 60.6 cm³/mol. The number of rotatable bonds is 2. The first-order valence-corrected chi connectivity index (χ1v) is 5.09. The molecule has 17 heavy (non-hydrogen) atoms. The van der Waals surface area contributed by atoms with Crippen LogP contribution in [0.15, 0.2) is 24.5 Å². The molecule has 0 unspecified atom stereocenters. The predicted octanol–water partition coefficient (Wildman–Crippen LogP) is 2.58. The standard InChI is InChI=1S/C11H8ClFN2O2/c1-15-5-14-9(11(16)17)10(15)8-6(12)3-2-4-7(8)13/h2-5H,1H3,(H,16,17). The molecule has 0 radical (unpaired) electrons. The van der Waals surface area contributed by atoms with Crippen molar-refractivity contribution in [3.8, 4) is 11.3 Å². The van der Waals surface area contributed by atoms with E-state index in [0.29, 0.717) is 0 Å². The molecular formula is C11H8ClFN2O2. The molecule has 1 aromatic carbocycles. The molecule has 0 fully saturated rings. The van der Waals surface area contributed by atoms with E-state index >= 15 is 0 Å². The quantitative estimate of drug-likeness (QED) is 0.896. The van der Waals surface area contributed by atoms with Gasteiger partial charge in [-0.3, -0.25) is 0 Å². The Labute approximate surface area is 101 Å². The van der Waals surface area contributed by atoms with Crippen LogP contribution in [0.5, 0.6) is 0 Å². The minimum atomic E-state index is -1.22. The van der Waals surface area contributed by atoms with Crippen LogP contribution >= 0.6 is 11.6 Å². The van der Waals surface area contributed by atoms with Crippen LogP contribution in [-0.2, 0) is 7.05 Å². The first kappa shape index (κ1) is 11.6. The van der Waals surface area contributed by atoms with Gasteiger partial charge in [-0.15, -0.1) is 0 Å². The van der Waals surface area contributed by atoms with Crippen molar-refractivity contribution in [3.63, 3.8) is 0 Å². The Balaban J connectivity index is 2.76. The summed E-state index contributed by atoms with van der Waals surface area (Å²) in [7, 11) is 1.58. The number of nitrogens with zero attached hydrogens (tertiary/aromatic N) is 2. The minimum Gasteiger partial charge on any atom is -0.476 e. The van der Waals surface area contributed by atoms with Gasteiger partial charge in [-0.2, -0.15) is 0 Å². The van der Waals surface area contributed by atoms with Crippen LogP contribution in [-0.4, -0.2) is 20.6 Å². The summed E-state index contributed by atoms with van der Waals surface area (Å²) < 4.78 is 15.1. The number of carbonyl (C=O) groups is 1. The molecule has 0 saturated heterocycles. The topological polar surface area (TPSA) is 55.1 Å².